The molecule has 3 aromatic rings. The Balaban J connectivity index is 1.84. The molecule has 0 radical (unpaired) electrons. The number of amides is 2. The van der Waals surface area contributed by atoms with Crippen LogP contribution in [0.25, 0.3) is 0 Å². The smallest absolute Gasteiger partial charge is 0.387 e. The minimum atomic E-state index is -2.97. The molecule has 0 fully saturated rings. The highest BCUT2D eigenvalue weighted by atomic mass is 19.3. The van der Waals surface area contributed by atoms with Gasteiger partial charge in [0.2, 0.25) is 0 Å². The third-order valence-electron chi connectivity index (χ3n) is 4.27. The van der Waals surface area contributed by atoms with Crippen molar-refractivity contribution in [3.05, 3.63) is 89.5 Å². The van der Waals surface area contributed by atoms with Gasteiger partial charge in [0.25, 0.3) is 11.8 Å². The molecule has 6 nitrogen and oxygen atoms in total. The van der Waals surface area contributed by atoms with Gasteiger partial charge in [-0.05, 0) is 35.9 Å². The summed E-state index contributed by atoms with van der Waals surface area (Å²) >= 11 is 0. The molecule has 0 aliphatic rings. The number of alkyl halides is 2. The van der Waals surface area contributed by atoms with E-state index in [2.05, 4.69) is 10.1 Å². The lowest BCUT2D eigenvalue weighted by molar-refractivity contribution is -0.119. The van der Waals surface area contributed by atoms with Crippen molar-refractivity contribution in [1.29, 1.82) is 0 Å². The lowest BCUT2D eigenvalue weighted by Crippen LogP contribution is -2.21. The fourth-order valence-electron chi connectivity index (χ4n) is 2.95. The standard InChI is InChI=1S/C23H20F2N2O4/c24-23(25)31-19-11-10-17(13-16(19)12-15-6-2-1-3-7-15)27-22(29)18-8-4-5-9-20(18)30-14-21(26)28/h1-11,13,23H,12,14H2,(H2,26,28)(H,27,29). The Kier molecular flexibility index (Phi) is 7.16. The lowest BCUT2D eigenvalue weighted by Gasteiger charge is -2.14. The largest absolute Gasteiger partial charge is 0.483 e. The van der Waals surface area contributed by atoms with Crippen molar-refractivity contribution in [2.75, 3.05) is 11.9 Å². The number of rotatable bonds is 9. The van der Waals surface area contributed by atoms with Gasteiger partial charge in [0.15, 0.2) is 6.61 Å². The predicted molar refractivity (Wildman–Crippen MR) is 111 cm³/mol. The van der Waals surface area contributed by atoms with Crippen LogP contribution in [0, 0.1) is 0 Å². The van der Waals surface area contributed by atoms with Crippen LogP contribution in [0.4, 0.5) is 14.5 Å². The van der Waals surface area contributed by atoms with Crippen LogP contribution in [0.2, 0.25) is 0 Å². The van der Waals surface area contributed by atoms with Gasteiger partial charge in [0, 0.05) is 17.7 Å². The van der Waals surface area contributed by atoms with Gasteiger partial charge in [-0.15, -0.1) is 0 Å². The molecule has 0 aliphatic carbocycles. The summed E-state index contributed by atoms with van der Waals surface area (Å²) in [5, 5.41) is 2.71. The van der Waals surface area contributed by atoms with Crippen LogP contribution < -0.4 is 20.5 Å². The van der Waals surface area contributed by atoms with E-state index < -0.39 is 18.4 Å². The van der Waals surface area contributed by atoms with Gasteiger partial charge in [-0.25, -0.2) is 0 Å². The Labute approximate surface area is 177 Å². The monoisotopic (exact) mass is 426 g/mol. The van der Waals surface area contributed by atoms with Crippen LogP contribution in [0.1, 0.15) is 21.5 Å². The molecule has 0 saturated heterocycles. The molecule has 0 bridgehead atoms. The van der Waals surface area contributed by atoms with Gasteiger partial charge in [-0.2, -0.15) is 8.78 Å². The third kappa shape index (κ3) is 6.27. The maximum atomic E-state index is 12.8. The molecule has 2 amide bonds. The molecular weight excluding hydrogens is 406 g/mol. The van der Waals surface area contributed by atoms with E-state index in [9.17, 15) is 18.4 Å². The van der Waals surface area contributed by atoms with Crippen LogP contribution in [0.15, 0.2) is 72.8 Å². The highest BCUT2D eigenvalue weighted by molar-refractivity contribution is 6.06. The zero-order chi connectivity index (χ0) is 22.2. The predicted octanol–water partition coefficient (Wildman–Crippen LogP) is 4.00. The summed E-state index contributed by atoms with van der Waals surface area (Å²) in [6.07, 6.45) is 0.338. The number of benzene rings is 3. The fraction of sp³-hybridized carbons (Fsp3) is 0.130. The van der Waals surface area contributed by atoms with E-state index in [-0.39, 0.29) is 23.7 Å². The maximum Gasteiger partial charge on any atom is 0.387 e. The molecule has 0 aliphatic heterocycles. The number of nitrogens with two attached hydrogens (primary N) is 1. The number of carbonyl (C=O) groups excluding carboxylic acids is 2. The first-order valence-corrected chi connectivity index (χ1v) is 9.35. The molecule has 3 rings (SSSR count). The molecule has 0 spiro atoms. The molecule has 31 heavy (non-hydrogen) atoms. The van der Waals surface area contributed by atoms with Crippen molar-refractivity contribution in [2.45, 2.75) is 13.0 Å². The summed E-state index contributed by atoms with van der Waals surface area (Å²) in [4.78, 5) is 23.7. The number of primary amides is 1. The lowest BCUT2D eigenvalue weighted by atomic mass is 10.0. The Bertz CT molecular complexity index is 1060. The highest BCUT2D eigenvalue weighted by Gasteiger charge is 2.16. The van der Waals surface area contributed by atoms with E-state index in [1.165, 1.54) is 24.3 Å². The molecule has 0 unspecified atom stereocenters. The molecule has 160 valence electrons. The molecule has 0 atom stereocenters. The minimum Gasteiger partial charge on any atom is -0.483 e. The Morgan fingerprint density at radius 1 is 0.935 bits per heavy atom. The number of nitrogens with one attached hydrogen (secondary N) is 1. The molecule has 0 heterocycles. The van der Waals surface area contributed by atoms with Gasteiger partial charge in [-0.1, -0.05) is 42.5 Å². The van der Waals surface area contributed by atoms with Crippen molar-refractivity contribution in [1.82, 2.24) is 0 Å². The van der Waals surface area contributed by atoms with Gasteiger partial charge in [0.1, 0.15) is 11.5 Å². The zero-order valence-electron chi connectivity index (χ0n) is 16.4. The van der Waals surface area contributed by atoms with E-state index >= 15 is 0 Å². The topological polar surface area (TPSA) is 90.7 Å². The normalized spacial score (nSPS) is 10.5. The first kappa shape index (κ1) is 21.8. The van der Waals surface area contributed by atoms with E-state index in [0.29, 0.717) is 17.7 Å². The van der Waals surface area contributed by atoms with E-state index in [1.807, 2.05) is 30.3 Å². The second-order valence-electron chi connectivity index (χ2n) is 6.57. The van der Waals surface area contributed by atoms with Gasteiger partial charge in [0.05, 0.1) is 5.56 Å². The van der Waals surface area contributed by atoms with Crippen molar-refractivity contribution < 1.29 is 27.8 Å². The van der Waals surface area contributed by atoms with Crippen molar-refractivity contribution in [3.63, 3.8) is 0 Å². The SMILES string of the molecule is NC(=O)COc1ccccc1C(=O)Nc1ccc(OC(F)F)c(Cc2ccccc2)c1. The van der Waals surface area contributed by atoms with Crippen molar-refractivity contribution in [2.24, 2.45) is 5.73 Å². The second kappa shape index (κ2) is 10.2. The molecule has 8 heteroatoms. The number of para-hydroxylation sites is 1. The Morgan fingerprint density at radius 2 is 1.65 bits per heavy atom. The molecule has 0 aromatic heterocycles. The number of hydrogen-bond donors (Lipinski definition) is 2. The molecule has 3 aromatic carbocycles. The van der Waals surface area contributed by atoms with Gasteiger partial charge < -0.3 is 20.5 Å². The third-order valence-corrected chi connectivity index (χ3v) is 4.27. The summed E-state index contributed by atoms with van der Waals surface area (Å²) in [6, 6.07) is 20.1. The number of halogens is 2. The van der Waals surface area contributed by atoms with Crippen molar-refractivity contribution >= 4 is 17.5 Å². The van der Waals surface area contributed by atoms with E-state index in [1.54, 1.807) is 18.2 Å². The Hall–Kier alpha value is -3.94. The quantitative estimate of drug-likeness (QED) is 0.541. The number of hydrogen-bond acceptors (Lipinski definition) is 4. The zero-order valence-corrected chi connectivity index (χ0v) is 16.4. The molecule has 3 N–H and O–H groups in total. The maximum absolute atomic E-state index is 12.8. The van der Waals surface area contributed by atoms with Crippen LogP contribution >= 0.6 is 0 Å². The van der Waals surface area contributed by atoms with Gasteiger partial charge in [-0.3, -0.25) is 9.59 Å². The summed E-state index contributed by atoms with van der Waals surface area (Å²) in [5.74, 6) is -0.938. The minimum absolute atomic E-state index is 0.0297. The van der Waals surface area contributed by atoms with Crippen LogP contribution in [-0.2, 0) is 11.2 Å². The number of anilines is 1. The molecule has 0 saturated carbocycles. The average Bonchev–Trinajstić information content (AvgIpc) is 2.74. The molecular formula is C23H20F2N2O4. The van der Waals surface area contributed by atoms with Gasteiger partial charge >= 0.3 is 6.61 Å². The summed E-state index contributed by atoms with van der Waals surface area (Å²) in [5.41, 5.74) is 7.06. The van der Waals surface area contributed by atoms with E-state index in [0.717, 1.165) is 5.56 Å². The summed E-state index contributed by atoms with van der Waals surface area (Å²) < 4.78 is 35.5. The highest BCUT2D eigenvalue weighted by Crippen LogP contribution is 2.28. The Morgan fingerprint density at radius 3 is 2.35 bits per heavy atom. The van der Waals surface area contributed by atoms with Crippen LogP contribution in [-0.4, -0.2) is 25.0 Å². The first-order chi connectivity index (χ1) is 14.9. The number of ether oxygens (including phenoxy) is 2. The average molecular weight is 426 g/mol. The van der Waals surface area contributed by atoms with Crippen molar-refractivity contribution in [3.8, 4) is 11.5 Å². The second-order valence-corrected chi connectivity index (χ2v) is 6.57. The van der Waals surface area contributed by atoms with E-state index in [4.69, 9.17) is 10.5 Å². The first-order valence-electron chi connectivity index (χ1n) is 9.35. The van der Waals surface area contributed by atoms with Crippen LogP contribution in [0.3, 0.4) is 0 Å². The summed E-state index contributed by atoms with van der Waals surface area (Å²) in [7, 11) is 0. The van der Waals surface area contributed by atoms with Crippen LogP contribution in [0.5, 0.6) is 11.5 Å². The summed E-state index contributed by atoms with van der Waals surface area (Å²) in [6.45, 7) is -3.34. The fourth-order valence-corrected chi connectivity index (χ4v) is 2.95. The number of carbonyl (C=O) groups is 2.